The Morgan fingerprint density at radius 2 is 1.92 bits per heavy atom. The Morgan fingerprint density at radius 1 is 1.12 bits per heavy atom. The van der Waals surface area contributed by atoms with Gasteiger partial charge in [0.2, 0.25) is 0 Å². The largest absolute Gasteiger partial charge is 0.495 e. The molecule has 0 aliphatic rings. The van der Waals surface area contributed by atoms with Gasteiger partial charge in [0.15, 0.2) is 0 Å². The van der Waals surface area contributed by atoms with Crippen LogP contribution in [-0.2, 0) is 0 Å². The lowest BCUT2D eigenvalue weighted by Gasteiger charge is -2.12. The average molecular weight is 329 g/mol. The maximum atomic E-state index is 12.4. The van der Waals surface area contributed by atoms with E-state index in [1.807, 2.05) is 6.92 Å². The predicted molar refractivity (Wildman–Crippen MR) is 90.1 cm³/mol. The molecule has 0 aromatic heterocycles. The van der Waals surface area contributed by atoms with E-state index in [2.05, 4.69) is 5.32 Å². The molecular weight excluding hydrogens is 310 g/mol. The lowest BCUT2D eigenvalue weighted by molar-refractivity contribution is 0.0696. The number of carbonyl (C=O) groups excluding carboxylic acids is 1. The van der Waals surface area contributed by atoms with Crippen LogP contribution in [0, 0.1) is 0 Å². The molecule has 24 heavy (non-hydrogen) atoms. The molecule has 6 nitrogen and oxygen atoms in total. The van der Waals surface area contributed by atoms with Gasteiger partial charge in [0.1, 0.15) is 11.5 Å². The van der Waals surface area contributed by atoms with E-state index in [9.17, 15) is 9.59 Å². The molecule has 2 aromatic rings. The topological polar surface area (TPSA) is 84.9 Å². The molecule has 6 heteroatoms. The standard InChI is InChI=1S/C18H19NO5/c1-3-9-24-14-6-4-5-12(10-14)17(20)19-15-11-13(18(21)22)7-8-16(15)23-2/h4-8,10-11H,3,9H2,1-2H3,(H,19,20)(H,21,22). The van der Waals surface area contributed by atoms with Crippen molar-refractivity contribution in [3.05, 3.63) is 53.6 Å². The fraction of sp³-hybridized carbons (Fsp3) is 0.222. The highest BCUT2D eigenvalue weighted by Crippen LogP contribution is 2.26. The summed E-state index contributed by atoms with van der Waals surface area (Å²) in [5.41, 5.74) is 0.764. The summed E-state index contributed by atoms with van der Waals surface area (Å²) in [5, 5.41) is 11.7. The van der Waals surface area contributed by atoms with Gasteiger partial charge in [0.25, 0.3) is 5.91 Å². The van der Waals surface area contributed by atoms with Crippen molar-refractivity contribution >= 4 is 17.6 Å². The van der Waals surface area contributed by atoms with E-state index in [4.69, 9.17) is 14.6 Å². The van der Waals surface area contributed by atoms with Crippen molar-refractivity contribution in [1.82, 2.24) is 0 Å². The van der Waals surface area contributed by atoms with Gasteiger partial charge in [-0.15, -0.1) is 0 Å². The number of benzene rings is 2. The highest BCUT2D eigenvalue weighted by Gasteiger charge is 2.13. The number of aromatic carboxylic acids is 1. The zero-order chi connectivity index (χ0) is 17.5. The van der Waals surface area contributed by atoms with E-state index in [0.29, 0.717) is 29.4 Å². The zero-order valence-corrected chi connectivity index (χ0v) is 13.5. The first kappa shape index (κ1) is 17.3. The quantitative estimate of drug-likeness (QED) is 0.813. The second kappa shape index (κ2) is 8.01. The molecule has 2 N–H and O–H groups in total. The minimum atomic E-state index is -1.08. The van der Waals surface area contributed by atoms with Crippen molar-refractivity contribution in [1.29, 1.82) is 0 Å². The second-order valence-electron chi connectivity index (χ2n) is 5.05. The Morgan fingerprint density at radius 3 is 2.58 bits per heavy atom. The third kappa shape index (κ3) is 4.25. The van der Waals surface area contributed by atoms with Crippen molar-refractivity contribution in [2.75, 3.05) is 19.0 Å². The summed E-state index contributed by atoms with van der Waals surface area (Å²) in [7, 11) is 1.45. The first-order chi connectivity index (χ1) is 11.5. The van der Waals surface area contributed by atoms with Crippen molar-refractivity contribution in [2.24, 2.45) is 0 Å². The van der Waals surface area contributed by atoms with Crippen LogP contribution in [0.15, 0.2) is 42.5 Å². The number of carboxylic acid groups (broad SMARTS) is 1. The minimum Gasteiger partial charge on any atom is -0.495 e. The Bertz CT molecular complexity index is 742. The first-order valence-electron chi connectivity index (χ1n) is 7.50. The smallest absolute Gasteiger partial charge is 0.335 e. The third-order valence-corrected chi connectivity index (χ3v) is 3.26. The maximum Gasteiger partial charge on any atom is 0.335 e. The number of carbonyl (C=O) groups is 2. The van der Waals surface area contributed by atoms with Crippen molar-refractivity contribution in [3.8, 4) is 11.5 Å². The summed E-state index contributed by atoms with van der Waals surface area (Å²) >= 11 is 0. The van der Waals surface area contributed by atoms with Crippen LogP contribution in [0.25, 0.3) is 0 Å². The van der Waals surface area contributed by atoms with E-state index in [-0.39, 0.29) is 11.5 Å². The van der Waals surface area contributed by atoms with Gasteiger partial charge in [-0.3, -0.25) is 4.79 Å². The van der Waals surface area contributed by atoms with Crippen LogP contribution < -0.4 is 14.8 Å². The summed E-state index contributed by atoms with van der Waals surface area (Å²) in [6.07, 6.45) is 0.871. The number of anilines is 1. The van der Waals surface area contributed by atoms with Crippen molar-refractivity contribution in [3.63, 3.8) is 0 Å². The molecule has 0 spiro atoms. The second-order valence-corrected chi connectivity index (χ2v) is 5.05. The molecular formula is C18H19NO5. The monoisotopic (exact) mass is 329 g/mol. The number of hydrogen-bond donors (Lipinski definition) is 2. The van der Waals surface area contributed by atoms with Crippen LogP contribution in [0.5, 0.6) is 11.5 Å². The maximum absolute atomic E-state index is 12.4. The molecule has 126 valence electrons. The van der Waals surface area contributed by atoms with Crippen LogP contribution >= 0.6 is 0 Å². The molecule has 1 amide bonds. The first-order valence-corrected chi connectivity index (χ1v) is 7.50. The van der Waals surface area contributed by atoms with Gasteiger partial charge in [-0.2, -0.15) is 0 Å². The van der Waals surface area contributed by atoms with E-state index in [0.717, 1.165) is 6.42 Å². The Balaban J connectivity index is 2.23. The van der Waals surface area contributed by atoms with Crippen LogP contribution in [0.4, 0.5) is 5.69 Å². The lowest BCUT2D eigenvalue weighted by atomic mass is 10.1. The SMILES string of the molecule is CCCOc1cccc(C(=O)Nc2cc(C(=O)O)ccc2OC)c1. The molecule has 0 atom stereocenters. The van der Waals surface area contributed by atoms with Gasteiger partial charge < -0.3 is 19.9 Å². The lowest BCUT2D eigenvalue weighted by Crippen LogP contribution is -2.13. The average Bonchev–Trinajstić information content (AvgIpc) is 2.60. The molecule has 0 radical (unpaired) electrons. The Labute approximate surface area is 140 Å². The highest BCUT2D eigenvalue weighted by atomic mass is 16.5. The number of ether oxygens (including phenoxy) is 2. The number of rotatable bonds is 7. The number of nitrogens with one attached hydrogen (secondary N) is 1. The van der Waals surface area contributed by atoms with Crippen LogP contribution in [0.2, 0.25) is 0 Å². The minimum absolute atomic E-state index is 0.0612. The molecule has 0 aliphatic heterocycles. The molecule has 0 aliphatic carbocycles. The molecule has 2 rings (SSSR count). The predicted octanol–water partition coefficient (Wildman–Crippen LogP) is 3.43. The zero-order valence-electron chi connectivity index (χ0n) is 13.5. The molecule has 2 aromatic carbocycles. The number of carboxylic acids is 1. The molecule has 0 saturated heterocycles. The summed E-state index contributed by atoms with van der Waals surface area (Å²) in [4.78, 5) is 23.5. The number of hydrogen-bond acceptors (Lipinski definition) is 4. The van der Waals surface area contributed by atoms with Gasteiger partial charge in [-0.25, -0.2) is 4.79 Å². The van der Waals surface area contributed by atoms with E-state index >= 15 is 0 Å². The third-order valence-electron chi connectivity index (χ3n) is 3.26. The molecule has 0 bridgehead atoms. The summed E-state index contributed by atoms with van der Waals surface area (Å²) in [6, 6.07) is 11.1. The van der Waals surface area contributed by atoms with Crippen LogP contribution in [-0.4, -0.2) is 30.7 Å². The molecule has 0 fully saturated rings. The number of amides is 1. The van der Waals surface area contributed by atoms with E-state index in [1.165, 1.54) is 25.3 Å². The van der Waals surface area contributed by atoms with E-state index in [1.54, 1.807) is 24.3 Å². The summed E-state index contributed by atoms with van der Waals surface area (Å²) in [6.45, 7) is 2.57. The highest BCUT2D eigenvalue weighted by molar-refractivity contribution is 6.05. The van der Waals surface area contributed by atoms with Crippen LogP contribution in [0.3, 0.4) is 0 Å². The van der Waals surface area contributed by atoms with Gasteiger partial charge in [0, 0.05) is 5.56 Å². The number of methoxy groups -OCH3 is 1. The Hall–Kier alpha value is -3.02. The van der Waals surface area contributed by atoms with Crippen molar-refractivity contribution in [2.45, 2.75) is 13.3 Å². The molecule has 0 unspecified atom stereocenters. The normalized spacial score (nSPS) is 10.1. The fourth-order valence-electron chi connectivity index (χ4n) is 2.08. The van der Waals surface area contributed by atoms with Gasteiger partial charge in [0.05, 0.1) is 25.0 Å². The van der Waals surface area contributed by atoms with Gasteiger partial charge >= 0.3 is 5.97 Å². The van der Waals surface area contributed by atoms with E-state index < -0.39 is 5.97 Å². The molecule has 0 saturated carbocycles. The summed E-state index contributed by atoms with van der Waals surface area (Å²) in [5.74, 6) is -0.469. The van der Waals surface area contributed by atoms with Gasteiger partial charge in [-0.1, -0.05) is 13.0 Å². The van der Waals surface area contributed by atoms with Crippen LogP contribution in [0.1, 0.15) is 34.1 Å². The Kier molecular flexibility index (Phi) is 5.78. The summed E-state index contributed by atoms with van der Waals surface area (Å²) < 4.78 is 10.7. The molecule has 0 heterocycles. The van der Waals surface area contributed by atoms with Gasteiger partial charge in [-0.05, 0) is 42.8 Å². The van der Waals surface area contributed by atoms with Crippen molar-refractivity contribution < 1.29 is 24.2 Å². The fourth-order valence-corrected chi connectivity index (χ4v) is 2.08.